The molecule has 0 saturated carbocycles. The molecule has 104 valence electrons. The van der Waals surface area contributed by atoms with Crippen LogP contribution in [0.2, 0.25) is 16.6 Å². The fourth-order valence-corrected chi connectivity index (χ4v) is 31.9. The molecule has 0 nitrogen and oxygen atoms in total. The summed E-state index contributed by atoms with van der Waals surface area (Å²) in [5.41, 5.74) is -0.824. The van der Waals surface area contributed by atoms with Gasteiger partial charge in [0, 0.05) is 0 Å². The van der Waals surface area contributed by atoms with E-state index in [0.29, 0.717) is 16.6 Å². The molecule has 0 fully saturated rings. The molecule has 0 radical (unpaired) electrons. The predicted octanol–water partition coefficient (Wildman–Crippen LogP) is 6.57. The maximum absolute atomic E-state index is 6.61. The molecule has 0 spiro atoms. The summed E-state index contributed by atoms with van der Waals surface area (Å²) < 4.78 is 0. The molecule has 0 saturated heterocycles. The molecule has 17 heavy (non-hydrogen) atoms. The van der Waals surface area contributed by atoms with Crippen LogP contribution in [0.3, 0.4) is 0 Å². The van der Waals surface area contributed by atoms with Crippen LogP contribution in [0.5, 0.6) is 0 Å². The normalized spacial score (nSPS) is 21.7. The monoisotopic (exact) mass is 332 g/mol. The minimum Gasteiger partial charge on any atom is -0.130 e. The summed E-state index contributed by atoms with van der Waals surface area (Å²) in [5, 5.41) is 0. The number of halogens is 3. The van der Waals surface area contributed by atoms with E-state index in [1.807, 2.05) is 0 Å². The van der Waals surface area contributed by atoms with Gasteiger partial charge in [-0.15, -0.1) is 33.2 Å². The van der Waals surface area contributed by atoms with Crippen LogP contribution in [0.25, 0.3) is 0 Å². The second kappa shape index (κ2) is 7.18. The Morgan fingerprint density at radius 2 is 0.941 bits per heavy atom. The Hall–Kier alpha value is 1.30. The Balaban J connectivity index is 5.71. The molecule has 0 rings (SSSR count). The lowest BCUT2D eigenvalue weighted by molar-refractivity contribution is 0.708. The van der Waals surface area contributed by atoms with Gasteiger partial charge < -0.3 is 0 Å². The van der Waals surface area contributed by atoms with Crippen molar-refractivity contribution in [3.05, 3.63) is 0 Å². The first-order valence-electron chi connectivity index (χ1n) is 6.76. The van der Waals surface area contributed by atoms with Gasteiger partial charge in [-0.05, 0) is 16.6 Å². The van der Waals surface area contributed by atoms with Gasteiger partial charge in [0.15, 0.2) is 0 Å². The number of hydrogen-bond acceptors (Lipinski definition) is 0. The van der Waals surface area contributed by atoms with E-state index in [0.717, 1.165) is 19.3 Å². The summed E-state index contributed by atoms with van der Waals surface area (Å²) in [6.07, 6.45) is 3.42. The summed E-state index contributed by atoms with van der Waals surface area (Å²) in [4.78, 5) is 0. The van der Waals surface area contributed by atoms with Crippen LogP contribution in [-0.4, -0.2) is 13.1 Å². The minimum absolute atomic E-state index is 0.603. The zero-order valence-electron chi connectivity index (χ0n) is 12.0. The van der Waals surface area contributed by atoms with Crippen LogP contribution in [0.15, 0.2) is 0 Å². The first-order chi connectivity index (χ1) is 7.69. The van der Waals surface area contributed by atoms with Gasteiger partial charge in [-0.1, -0.05) is 60.8 Å². The van der Waals surface area contributed by atoms with Crippen molar-refractivity contribution < 1.29 is 0 Å². The summed E-state index contributed by atoms with van der Waals surface area (Å²) in [5.74, 6) is 0. The van der Waals surface area contributed by atoms with E-state index < -0.39 is 13.1 Å². The van der Waals surface area contributed by atoms with Crippen molar-refractivity contribution in [1.82, 2.24) is 0 Å². The standard InChI is InChI=1S/C12H27Cl3Si2/c1-7-10(4)16(11(5)8-2,12(6)9-3)17(13,14)15/h10-12H,7-9H2,1-6H3. The fraction of sp³-hybridized carbons (Fsp3) is 1.00. The predicted molar refractivity (Wildman–Crippen MR) is 88.2 cm³/mol. The highest BCUT2D eigenvalue weighted by atomic mass is 35.8. The van der Waals surface area contributed by atoms with Gasteiger partial charge >= 0.3 is 5.52 Å². The van der Waals surface area contributed by atoms with Crippen molar-refractivity contribution in [1.29, 1.82) is 0 Å². The van der Waals surface area contributed by atoms with Gasteiger partial charge in [-0.3, -0.25) is 0 Å². The van der Waals surface area contributed by atoms with Gasteiger partial charge in [-0.2, -0.15) is 0 Å². The van der Waals surface area contributed by atoms with Crippen molar-refractivity contribution in [2.24, 2.45) is 0 Å². The summed E-state index contributed by atoms with van der Waals surface area (Å²) in [6.45, 7) is 13.7. The van der Waals surface area contributed by atoms with Gasteiger partial charge in [0.2, 0.25) is 0 Å². The Labute approximate surface area is 123 Å². The van der Waals surface area contributed by atoms with Gasteiger partial charge in [0.05, 0.1) is 0 Å². The van der Waals surface area contributed by atoms with E-state index in [2.05, 4.69) is 41.5 Å². The molecule has 0 N–H and O–H groups in total. The third-order valence-electron chi connectivity index (χ3n) is 4.77. The van der Waals surface area contributed by atoms with Gasteiger partial charge in [0.25, 0.3) is 0 Å². The Kier molecular flexibility index (Phi) is 7.73. The van der Waals surface area contributed by atoms with E-state index in [1.54, 1.807) is 0 Å². The van der Waals surface area contributed by atoms with Crippen LogP contribution < -0.4 is 0 Å². The van der Waals surface area contributed by atoms with Crippen molar-refractivity contribution in [3.63, 3.8) is 0 Å². The molecule has 0 heterocycles. The molecule has 0 aromatic carbocycles. The number of rotatable bonds is 7. The van der Waals surface area contributed by atoms with Gasteiger partial charge in [-0.25, -0.2) is 0 Å². The van der Waals surface area contributed by atoms with Crippen LogP contribution in [-0.2, 0) is 0 Å². The largest absolute Gasteiger partial charge is 0.325 e. The molecular weight excluding hydrogens is 307 g/mol. The van der Waals surface area contributed by atoms with Crippen LogP contribution in [0.4, 0.5) is 0 Å². The van der Waals surface area contributed by atoms with Crippen LogP contribution in [0, 0.1) is 0 Å². The molecule has 0 aliphatic heterocycles. The highest BCUT2D eigenvalue weighted by Crippen LogP contribution is 2.55. The summed E-state index contributed by atoms with van der Waals surface area (Å²) >= 11 is 19.8. The van der Waals surface area contributed by atoms with Gasteiger partial charge in [0.1, 0.15) is 7.59 Å². The number of hydrogen-bond donors (Lipinski definition) is 0. The van der Waals surface area contributed by atoms with E-state index in [9.17, 15) is 0 Å². The van der Waals surface area contributed by atoms with E-state index in [-0.39, 0.29) is 0 Å². The lowest BCUT2D eigenvalue weighted by Crippen LogP contribution is -2.61. The summed E-state index contributed by atoms with van der Waals surface area (Å²) in [6, 6.07) is 0. The minimum atomic E-state index is -2.63. The van der Waals surface area contributed by atoms with E-state index in [4.69, 9.17) is 33.2 Å². The maximum atomic E-state index is 6.61. The van der Waals surface area contributed by atoms with Crippen LogP contribution >= 0.6 is 33.2 Å². The molecule has 0 aliphatic rings. The second-order valence-corrected chi connectivity index (χ2v) is 25.7. The van der Waals surface area contributed by atoms with Crippen molar-refractivity contribution in [2.45, 2.75) is 77.4 Å². The molecule has 3 atom stereocenters. The summed E-state index contributed by atoms with van der Waals surface area (Å²) in [7, 11) is -1.87. The highest BCUT2D eigenvalue weighted by molar-refractivity contribution is 7.89. The topological polar surface area (TPSA) is 0 Å². The van der Waals surface area contributed by atoms with Crippen molar-refractivity contribution in [3.8, 4) is 0 Å². The van der Waals surface area contributed by atoms with E-state index >= 15 is 0 Å². The quantitative estimate of drug-likeness (QED) is 0.365. The molecule has 0 bridgehead atoms. The Bertz CT molecular complexity index is 202. The van der Waals surface area contributed by atoms with E-state index in [1.165, 1.54) is 0 Å². The van der Waals surface area contributed by atoms with Crippen molar-refractivity contribution >= 4 is 46.3 Å². The first kappa shape index (κ1) is 18.3. The average molecular weight is 334 g/mol. The van der Waals surface area contributed by atoms with Crippen LogP contribution in [0.1, 0.15) is 60.8 Å². The molecule has 0 aromatic heterocycles. The third kappa shape index (κ3) is 3.44. The van der Waals surface area contributed by atoms with Crippen molar-refractivity contribution in [2.75, 3.05) is 0 Å². The first-order valence-corrected chi connectivity index (χ1v) is 15.0. The highest BCUT2D eigenvalue weighted by Gasteiger charge is 2.61. The molecular formula is C12H27Cl3Si2. The molecule has 0 aliphatic carbocycles. The third-order valence-corrected chi connectivity index (χ3v) is 28.1. The average Bonchev–Trinajstić information content (AvgIpc) is 2.26. The molecule has 5 heteroatoms. The Morgan fingerprint density at radius 3 is 1.06 bits per heavy atom. The lowest BCUT2D eigenvalue weighted by Gasteiger charge is -2.49. The SMILES string of the molecule is CCC(C)[Si](C(C)CC)(C(C)CC)[Si](Cl)(Cl)Cl. The lowest BCUT2D eigenvalue weighted by atomic mass is 10.3. The Morgan fingerprint density at radius 1 is 0.706 bits per heavy atom. The molecule has 3 unspecified atom stereocenters. The zero-order valence-corrected chi connectivity index (χ0v) is 16.3. The maximum Gasteiger partial charge on any atom is 0.325 e. The fourth-order valence-electron chi connectivity index (χ4n) is 3.31. The second-order valence-electron chi connectivity index (χ2n) is 5.36. The smallest absolute Gasteiger partial charge is 0.130 e. The molecule has 0 aromatic rings. The zero-order chi connectivity index (χ0) is 13.9. The molecule has 0 amide bonds.